The third-order valence-electron chi connectivity index (χ3n) is 4.90. The van der Waals surface area contributed by atoms with Crippen LogP contribution in [0.15, 0.2) is 34.3 Å². The first-order chi connectivity index (χ1) is 11.8. The van der Waals surface area contributed by atoms with Crippen LogP contribution in [0.5, 0.6) is 5.75 Å². The first kappa shape index (κ1) is 17.7. The maximum Gasteiger partial charge on any atom is 0.251 e. The fraction of sp³-hybridized carbons (Fsp3) is 0.389. The average molecular weight is 407 g/mol. The lowest BCUT2D eigenvalue weighted by molar-refractivity contribution is -0.138. The molecule has 3 amide bonds. The van der Waals surface area contributed by atoms with Crippen LogP contribution in [0.4, 0.5) is 0 Å². The molecule has 132 valence electrons. The molecule has 1 fully saturated rings. The van der Waals surface area contributed by atoms with Crippen molar-refractivity contribution < 1.29 is 19.1 Å². The Morgan fingerprint density at radius 2 is 1.88 bits per heavy atom. The Labute approximate surface area is 154 Å². The van der Waals surface area contributed by atoms with E-state index in [4.69, 9.17) is 4.74 Å². The Morgan fingerprint density at radius 1 is 1.24 bits per heavy atom. The molecule has 7 heteroatoms. The van der Waals surface area contributed by atoms with Gasteiger partial charge in [-0.15, -0.1) is 0 Å². The van der Waals surface area contributed by atoms with Gasteiger partial charge in [-0.1, -0.05) is 21.5 Å². The molecular formula is C18H19BrN2O4. The van der Waals surface area contributed by atoms with Gasteiger partial charge in [-0.3, -0.25) is 19.3 Å². The molecule has 0 bridgehead atoms. The minimum absolute atomic E-state index is 0.182. The smallest absolute Gasteiger partial charge is 0.251 e. The summed E-state index contributed by atoms with van der Waals surface area (Å²) in [6.45, 7) is 1.91. The van der Waals surface area contributed by atoms with E-state index in [2.05, 4.69) is 21.2 Å². The minimum atomic E-state index is -0.572. The van der Waals surface area contributed by atoms with Crippen LogP contribution in [0.3, 0.4) is 0 Å². The van der Waals surface area contributed by atoms with Gasteiger partial charge in [-0.2, -0.15) is 0 Å². The molecule has 25 heavy (non-hydrogen) atoms. The number of carbonyl (C=O) groups excluding carboxylic acids is 3. The summed E-state index contributed by atoms with van der Waals surface area (Å²) in [7, 11) is 3.05. The van der Waals surface area contributed by atoms with Gasteiger partial charge in [0.05, 0.1) is 25.0 Å². The third kappa shape index (κ3) is 2.97. The van der Waals surface area contributed by atoms with Crippen LogP contribution < -0.4 is 10.1 Å². The Hall–Kier alpha value is -2.15. The molecule has 1 heterocycles. The maximum absolute atomic E-state index is 12.6. The molecule has 0 unspecified atom stereocenters. The zero-order chi connectivity index (χ0) is 18.3. The molecule has 3 atom stereocenters. The van der Waals surface area contributed by atoms with E-state index in [0.29, 0.717) is 17.7 Å². The standard InChI is InChI=1S/C18H19BrN2O4/c1-9-8-12-13(18(24)21(2)17(12)23)15(14(9)19)20-16(22)10-4-6-11(25-3)7-5-10/h4-7,12-13,15H,8H2,1-3H3,(H,20,22)/t12-,13-,15-/m0/s1. The van der Waals surface area contributed by atoms with E-state index in [-0.39, 0.29) is 17.7 Å². The van der Waals surface area contributed by atoms with Gasteiger partial charge >= 0.3 is 0 Å². The quantitative estimate of drug-likeness (QED) is 0.779. The van der Waals surface area contributed by atoms with Gasteiger partial charge in [0.1, 0.15) is 5.75 Å². The van der Waals surface area contributed by atoms with Crippen molar-refractivity contribution in [1.82, 2.24) is 10.2 Å². The Morgan fingerprint density at radius 3 is 2.48 bits per heavy atom. The van der Waals surface area contributed by atoms with E-state index in [9.17, 15) is 14.4 Å². The first-order valence-electron chi connectivity index (χ1n) is 7.96. The topological polar surface area (TPSA) is 75.7 Å². The molecule has 0 saturated carbocycles. The zero-order valence-electron chi connectivity index (χ0n) is 14.2. The molecule has 1 aromatic rings. The number of imide groups is 1. The van der Waals surface area contributed by atoms with Gasteiger partial charge in [0.2, 0.25) is 11.8 Å². The van der Waals surface area contributed by atoms with Crippen molar-refractivity contribution in [2.75, 3.05) is 14.2 Å². The summed E-state index contributed by atoms with van der Waals surface area (Å²) in [5.41, 5.74) is 1.43. The molecule has 6 nitrogen and oxygen atoms in total. The van der Waals surface area contributed by atoms with E-state index in [1.165, 1.54) is 11.9 Å². The fourth-order valence-corrected chi connectivity index (χ4v) is 4.03. The number of rotatable bonds is 3. The monoisotopic (exact) mass is 406 g/mol. The van der Waals surface area contributed by atoms with Crippen molar-refractivity contribution in [3.05, 3.63) is 39.9 Å². The number of nitrogens with one attached hydrogen (secondary N) is 1. The van der Waals surface area contributed by atoms with Gasteiger partial charge < -0.3 is 10.1 Å². The van der Waals surface area contributed by atoms with Gasteiger partial charge in [0, 0.05) is 17.1 Å². The van der Waals surface area contributed by atoms with Crippen molar-refractivity contribution in [2.45, 2.75) is 19.4 Å². The number of ether oxygens (including phenoxy) is 1. The summed E-state index contributed by atoms with van der Waals surface area (Å²) in [6, 6.07) is 6.17. The molecule has 1 saturated heterocycles. The number of benzene rings is 1. The van der Waals surface area contributed by atoms with Crippen LogP contribution in [0.25, 0.3) is 0 Å². The summed E-state index contributed by atoms with van der Waals surface area (Å²) >= 11 is 3.51. The summed E-state index contributed by atoms with van der Waals surface area (Å²) in [5.74, 6) is -1.06. The highest BCUT2D eigenvalue weighted by Crippen LogP contribution is 2.42. The third-order valence-corrected chi connectivity index (χ3v) is 6.07. The van der Waals surface area contributed by atoms with Gasteiger partial charge in [0.25, 0.3) is 5.91 Å². The highest BCUT2D eigenvalue weighted by Gasteiger charge is 2.52. The van der Waals surface area contributed by atoms with Crippen molar-refractivity contribution >= 4 is 33.7 Å². The number of hydrogen-bond donors (Lipinski definition) is 1. The van der Waals surface area contributed by atoms with Crippen LogP contribution >= 0.6 is 15.9 Å². The van der Waals surface area contributed by atoms with E-state index in [0.717, 1.165) is 10.1 Å². The fourth-order valence-electron chi connectivity index (χ4n) is 3.47. The van der Waals surface area contributed by atoms with Crippen LogP contribution in [0.2, 0.25) is 0 Å². The number of hydrogen-bond acceptors (Lipinski definition) is 4. The van der Waals surface area contributed by atoms with Gasteiger partial charge in [0.15, 0.2) is 0 Å². The van der Waals surface area contributed by atoms with Crippen LogP contribution in [-0.2, 0) is 9.59 Å². The lowest BCUT2D eigenvalue weighted by Gasteiger charge is -2.32. The Bertz CT molecular complexity index is 772. The summed E-state index contributed by atoms with van der Waals surface area (Å²) < 4.78 is 5.86. The molecular weight excluding hydrogens is 388 g/mol. The van der Waals surface area contributed by atoms with Crippen LogP contribution in [-0.4, -0.2) is 42.8 Å². The second-order valence-electron chi connectivity index (χ2n) is 6.38. The second kappa shape index (κ2) is 6.63. The number of nitrogens with zero attached hydrogens (tertiary/aromatic N) is 1. The average Bonchev–Trinajstić information content (AvgIpc) is 2.83. The zero-order valence-corrected chi connectivity index (χ0v) is 15.8. The molecule has 1 aliphatic heterocycles. The summed E-state index contributed by atoms with van der Waals surface area (Å²) in [5, 5.41) is 2.91. The number of carbonyl (C=O) groups is 3. The van der Waals surface area contributed by atoms with E-state index in [1.54, 1.807) is 31.4 Å². The van der Waals surface area contributed by atoms with Crippen molar-refractivity contribution in [2.24, 2.45) is 11.8 Å². The highest BCUT2D eigenvalue weighted by atomic mass is 79.9. The Kier molecular flexibility index (Phi) is 4.69. The first-order valence-corrected chi connectivity index (χ1v) is 8.76. The molecule has 1 aromatic carbocycles. The molecule has 0 radical (unpaired) electrons. The van der Waals surface area contributed by atoms with E-state index >= 15 is 0 Å². The minimum Gasteiger partial charge on any atom is -0.497 e. The molecule has 0 spiro atoms. The maximum atomic E-state index is 12.6. The van der Waals surface area contributed by atoms with Crippen molar-refractivity contribution in [1.29, 1.82) is 0 Å². The number of methoxy groups -OCH3 is 1. The van der Waals surface area contributed by atoms with Crippen LogP contribution in [0, 0.1) is 11.8 Å². The van der Waals surface area contributed by atoms with Crippen molar-refractivity contribution in [3.63, 3.8) is 0 Å². The largest absolute Gasteiger partial charge is 0.497 e. The molecule has 2 aliphatic rings. The molecule has 1 N–H and O–H groups in total. The molecule has 0 aromatic heterocycles. The van der Waals surface area contributed by atoms with Gasteiger partial charge in [-0.05, 0) is 37.6 Å². The normalized spacial score (nSPS) is 25.9. The molecule has 3 rings (SSSR count). The number of halogens is 1. The second-order valence-corrected chi connectivity index (χ2v) is 7.23. The number of fused-ring (bicyclic) bond motifs is 1. The predicted molar refractivity (Wildman–Crippen MR) is 95.2 cm³/mol. The Balaban J connectivity index is 1.88. The van der Waals surface area contributed by atoms with Gasteiger partial charge in [-0.25, -0.2) is 0 Å². The van der Waals surface area contributed by atoms with Crippen molar-refractivity contribution in [3.8, 4) is 5.75 Å². The number of likely N-dealkylation sites (tertiary alicyclic amines) is 1. The van der Waals surface area contributed by atoms with E-state index in [1.807, 2.05) is 6.92 Å². The van der Waals surface area contributed by atoms with E-state index < -0.39 is 17.9 Å². The SMILES string of the molecule is COc1ccc(C(=O)N[C@@H]2C(Br)=C(C)C[C@@H]3C(=O)N(C)C(=O)[C@@H]32)cc1. The highest BCUT2D eigenvalue weighted by molar-refractivity contribution is 9.11. The summed E-state index contributed by atoms with van der Waals surface area (Å²) in [6.07, 6.45) is 0.523. The predicted octanol–water partition coefficient (Wildman–Crippen LogP) is 2.10. The summed E-state index contributed by atoms with van der Waals surface area (Å²) in [4.78, 5) is 38.6. The van der Waals surface area contributed by atoms with Crippen LogP contribution in [0.1, 0.15) is 23.7 Å². The number of allylic oxidation sites excluding steroid dienone is 1. The lowest BCUT2D eigenvalue weighted by Crippen LogP contribution is -2.47. The lowest BCUT2D eigenvalue weighted by atomic mass is 9.78. The number of amides is 3. The molecule has 1 aliphatic carbocycles.